The van der Waals surface area contributed by atoms with Gasteiger partial charge in [0.05, 0.1) is 12.6 Å². The summed E-state index contributed by atoms with van der Waals surface area (Å²) in [5.74, 6) is -0.114. The maximum atomic E-state index is 14.2. The van der Waals surface area contributed by atoms with Crippen LogP contribution in [-0.4, -0.2) is 12.5 Å². The van der Waals surface area contributed by atoms with Gasteiger partial charge in [0, 0.05) is 24.9 Å². The van der Waals surface area contributed by atoms with Crippen molar-refractivity contribution < 1.29 is 13.9 Å². The molecular weight excluding hydrogens is 259 g/mol. The highest BCUT2D eigenvalue weighted by Gasteiger charge is 2.27. The van der Waals surface area contributed by atoms with Gasteiger partial charge in [-0.05, 0) is 23.6 Å². The van der Waals surface area contributed by atoms with E-state index in [1.807, 2.05) is 19.9 Å². The fraction of sp³-hybridized carbons (Fsp3) is 0.533. The highest BCUT2D eigenvalue weighted by molar-refractivity contribution is 5.73. The summed E-state index contributed by atoms with van der Waals surface area (Å²) in [5, 5.41) is 2.83. The van der Waals surface area contributed by atoms with E-state index in [9.17, 15) is 9.18 Å². The lowest BCUT2D eigenvalue weighted by Gasteiger charge is -2.28. The topological polar surface area (TPSA) is 64.3 Å². The van der Waals surface area contributed by atoms with Gasteiger partial charge in [-0.1, -0.05) is 13.8 Å². The maximum absolute atomic E-state index is 14.2. The number of nitrogens with one attached hydrogen (secondary N) is 1. The summed E-state index contributed by atoms with van der Waals surface area (Å²) < 4.78 is 19.6. The molecule has 1 heterocycles. The van der Waals surface area contributed by atoms with Crippen molar-refractivity contribution >= 4 is 5.91 Å². The fourth-order valence-electron chi connectivity index (χ4n) is 2.45. The van der Waals surface area contributed by atoms with Crippen LogP contribution in [0.3, 0.4) is 0 Å². The van der Waals surface area contributed by atoms with Crippen LogP contribution in [0.1, 0.15) is 50.4 Å². The number of benzene rings is 1. The normalized spacial score (nSPS) is 19.2. The maximum Gasteiger partial charge on any atom is 0.217 e. The zero-order valence-electron chi connectivity index (χ0n) is 12.1. The predicted octanol–water partition coefficient (Wildman–Crippen LogP) is 2.44. The second-order valence-corrected chi connectivity index (χ2v) is 5.58. The third-order valence-corrected chi connectivity index (χ3v) is 3.60. The molecule has 0 bridgehead atoms. The van der Waals surface area contributed by atoms with Gasteiger partial charge in [-0.25, -0.2) is 4.39 Å². The molecule has 2 atom stereocenters. The standard InChI is InChI=1S/C15H21FN2O2/c1-8(2)14(17)10-6-11-13(18-9(3)19)4-5-20-15(11)12(16)7-10/h6-8,13-14H,4-5,17H2,1-3H3,(H,18,19). The van der Waals surface area contributed by atoms with Crippen molar-refractivity contribution in [3.8, 4) is 5.75 Å². The lowest BCUT2D eigenvalue weighted by Crippen LogP contribution is -2.31. The first-order valence-corrected chi connectivity index (χ1v) is 6.89. The van der Waals surface area contributed by atoms with E-state index >= 15 is 0 Å². The number of amides is 1. The van der Waals surface area contributed by atoms with Crippen LogP contribution in [0, 0.1) is 11.7 Å². The van der Waals surface area contributed by atoms with Crippen LogP contribution < -0.4 is 15.8 Å². The Kier molecular flexibility index (Phi) is 4.28. The van der Waals surface area contributed by atoms with Crippen LogP contribution >= 0.6 is 0 Å². The highest BCUT2D eigenvalue weighted by atomic mass is 19.1. The number of carbonyl (C=O) groups is 1. The SMILES string of the molecule is CC(=O)NC1CCOc2c(F)cc(C(N)C(C)C)cc21. The van der Waals surface area contributed by atoms with Gasteiger partial charge in [0.25, 0.3) is 0 Å². The Hall–Kier alpha value is -1.62. The Labute approximate surface area is 118 Å². The molecule has 3 N–H and O–H groups in total. The van der Waals surface area contributed by atoms with Crippen molar-refractivity contribution in [2.75, 3.05) is 6.61 Å². The van der Waals surface area contributed by atoms with Crippen LogP contribution in [0.2, 0.25) is 0 Å². The van der Waals surface area contributed by atoms with Crippen LogP contribution in [0.4, 0.5) is 4.39 Å². The van der Waals surface area contributed by atoms with Crippen molar-refractivity contribution in [3.63, 3.8) is 0 Å². The summed E-state index contributed by atoms with van der Waals surface area (Å²) in [4.78, 5) is 11.3. The number of hydrogen-bond acceptors (Lipinski definition) is 3. The van der Waals surface area contributed by atoms with Crippen molar-refractivity contribution in [1.82, 2.24) is 5.32 Å². The highest BCUT2D eigenvalue weighted by Crippen LogP contribution is 2.37. The van der Waals surface area contributed by atoms with Crippen LogP contribution in [-0.2, 0) is 4.79 Å². The lowest BCUT2D eigenvalue weighted by molar-refractivity contribution is -0.119. The lowest BCUT2D eigenvalue weighted by atomic mass is 9.91. The van der Waals surface area contributed by atoms with E-state index in [0.29, 0.717) is 18.6 Å². The molecule has 5 heteroatoms. The van der Waals surface area contributed by atoms with E-state index in [2.05, 4.69) is 5.32 Å². The van der Waals surface area contributed by atoms with E-state index < -0.39 is 5.82 Å². The number of rotatable bonds is 3. The molecule has 110 valence electrons. The number of hydrogen-bond donors (Lipinski definition) is 2. The third kappa shape index (κ3) is 2.93. The van der Waals surface area contributed by atoms with Crippen molar-refractivity contribution in [2.24, 2.45) is 11.7 Å². The van der Waals surface area contributed by atoms with Gasteiger partial charge in [-0.3, -0.25) is 4.79 Å². The van der Waals surface area contributed by atoms with Crippen LogP contribution in [0.25, 0.3) is 0 Å². The average Bonchev–Trinajstić information content (AvgIpc) is 2.38. The summed E-state index contributed by atoms with van der Waals surface area (Å²) in [6.45, 7) is 5.83. The van der Waals surface area contributed by atoms with Crippen molar-refractivity contribution in [3.05, 3.63) is 29.1 Å². The average molecular weight is 280 g/mol. The molecule has 1 amide bonds. The summed E-state index contributed by atoms with van der Waals surface area (Å²) in [5.41, 5.74) is 7.50. The van der Waals surface area contributed by atoms with Gasteiger partial charge in [0.1, 0.15) is 0 Å². The quantitative estimate of drug-likeness (QED) is 0.893. The number of carbonyl (C=O) groups excluding carboxylic acids is 1. The summed E-state index contributed by atoms with van der Waals surface area (Å²) in [6.07, 6.45) is 0.631. The molecule has 4 nitrogen and oxygen atoms in total. The van der Waals surface area contributed by atoms with Gasteiger partial charge in [-0.15, -0.1) is 0 Å². The smallest absolute Gasteiger partial charge is 0.217 e. The molecule has 0 aliphatic carbocycles. The first kappa shape index (κ1) is 14.8. The van der Waals surface area contributed by atoms with E-state index in [0.717, 1.165) is 5.56 Å². The molecule has 2 rings (SSSR count). The van der Waals surface area contributed by atoms with Crippen LogP contribution in [0.15, 0.2) is 12.1 Å². The Bertz CT molecular complexity index is 517. The molecule has 0 fully saturated rings. The zero-order chi connectivity index (χ0) is 14.9. The molecule has 0 saturated heterocycles. The number of fused-ring (bicyclic) bond motifs is 1. The number of nitrogens with two attached hydrogens (primary N) is 1. The zero-order valence-corrected chi connectivity index (χ0v) is 12.1. The Balaban J connectivity index is 2.42. The minimum absolute atomic E-state index is 0.137. The molecule has 1 aliphatic rings. The molecule has 1 aliphatic heterocycles. The van der Waals surface area contributed by atoms with Crippen molar-refractivity contribution in [1.29, 1.82) is 0 Å². The molecule has 0 spiro atoms. The van der Waals surface area contributed by atoms with Gasteiger partial charge in [-0.2, -0.15) is 0 Å². The van der Waals surface area contributed by atoms with E-state index in [4.69, 9.17) is 10.5 Å². The van der Waals surface area contributed by atoms with E-state index in [1.165, 1.54) is 13.0 Å². The monoisotopic (exact) mass is 280 g/mol. The Morgan fingerprint density at radius 3 is 2.80 bits per heavy atom. The van der Waals surface area contributed by atoms with Gasteiger partial charge < -0.3 is 15.8 Å². The molecule has 2 unspecified atom stereocenters. The molecule has 1 aromatic carbocycles. The van der Waals surface area contributed by atoms with Gasteiger partial charge in [0.2, 0.25) is 5.91 Å². The summed E-state index contributed by atoms with van der Waals surface area (Å²) in [6, 6.07) is 2.82. The second-order valence-electron chi connectivity index (χ2n) is 5.58. The predicted molar refractivity (Wildman–Crippen MR) is 74.8 cm³/mol. The largest absolute Gasteiger partial charge is 0.490 e. The molecule has 0 radical (unpaired) electrons. The molecule has 1 aromatic rings. The first-order valence-electron chi connectivity index (χ1n) is 6.89. The Morgan fingerprint density at radius 2 is 2.20 bits per heavy atom. The Morgan fingerprint density at radius 1 is 1.50 bits per heavy atom. The minimum atomic E-state index is -0.413. The van der Waals surface area contributed by atoms with E-state index in [-0.39, 0.29) is 29.7 Å². The molecule has 0 saturated carbocycles. The number of halogens is 1. The minimum Gasteiger partial charge on any atom is -0.490 e. The summed E-state index contributed by atoms with van der Waals surface area (Å²) >= 11 is 0. The number of ether oxygens (including phenoxy) is 1. The molecular formula is C15H21FN2O2. The third-order valence-electron chi connectivity index (χ3n) is 3.60. The molecule has 0 aromatic heterocycles. The van der Waals surface area contributed by atoms with Crippen LogP contribution in [0.5, 0.6) is 5.75 Å². The summed E-state index contributed by atoms with van der Waals surface area (Å²) in [7, 11) is 0. The van der Waals surface area contributed by atoms with Gasteiger partial charge in [0.15, 0.2) is 11.6 Å². The second kappa shape index (κ2) is 5.79. The van der Waals surface area contributed by atoms with E-state index in [1.54, 1.807) is 0 Å². The fourth-order valence-corrected chi connectivity index (χ4v) is 2.45. The first-order chi connectivity index (χ1) is 9.40. The molecule has 20 heavy (non-hydrogen) atoms. The van der Waals surface area contributed by atoms with Gasteiger partial charge >= 0.3 is 0 Å². The van der Waals surface area contributed by atoms with Crippen molar-refractivity contribution in [2.45, 2.75) is 39.3 Å².